The molecule has 2 fully saturated rings. The number of nitrogens with zero attached hydrogens (tertiary/aromatic N) is 3. The molecule has 3 N–H and O–H groups in total. The second-order valence-corrected chi connectivity index (χ2v) is 8.55. The van der Waals surface area contributed by atoms with Crippen LogP contribution in [-0.4, -0.2) is 78.3 Å². The van der Waals surface area contributed by atoms with Crippen molar-refractivity contribution >= 4 is 40.4 Å². The number of fused-ring (bicyclic) bond motifs is 1. The van der Waals surface area contributed by atoms with Crippen LogP contribution in [0.3, 0.4) is 0 Å². The highest BCUT2D eigenvalue weighted by Crippen LogP contribution is 2.33. The summed E-state index contributed by atoms with van der Waals surface area (Å²) in [6.07, 6.45) is 2.63. The lowest BCUT2D eigenvalue weighted by Crippen LogP contribution is -2.49. The van der Waals surface area contributed by atoms with Gasteiger partial charge in [-0.3, -0.25) is 19.2 Å². The van der Waals surface area contributed by atoms with E-state index in [0.29, 0.717) is 38.8 Å². The van der Waals surface area contributed by atoms with Crippen LogP contribution < -0.4 is 11.1 Å². The molecule has 33 heavy (non-hydrogen) atoms. The molecule has 4 amide bonds. The zero-order valence-corrected chi connectivity index (χ0v) is 18.6. The Balaban J connectivity index is 1.54. The van der Waals surface area contributed by atoms with E-state index in [0.717, 1.165) is 0 Å². The lowest BCUT2D eigenvalue weighted by molar-refractivity contribution is -0.146. The third-order valence-electron chi connectivity index (χ3n) is 6.17. The normalized spacial score (nSPS) is 21.2. The van der Waals surface area contributed by atoms with Crippen molar-refractivity contribution in [2.75, 3.05) is 39.2 Å². The fourth-order valence-electron chi connectivity index (χ4n) is 4.37. The molecule has 3 heterocycles. The van der Waals surface area contributed by atoms with Gasteiger partial charge in [0.1, 0.15) is 23.5 Å². The zero-order valence-electron chi connectivity index (χ0n) is 18.6. The van der Waals surface area contributed by atoms with E-state index in [4.69, 9.17) is 14.9 Å². The number of rotatable bonds is 5. The molecule has 11 heteroatoms. The Kier molecular flexibility index (Phi) is 6.32. The summed E-state index contributed by atoms with van der Waals surface area (Å²) in [5.74, 6) is -1.80. The molecule has 0 atom stereocenters. The quantitative estimate of drug-likeness (QED) is 0.680. The number of morpholine rings is 1. The van der Waals surface area contributed by atoms with E-state index in [9.17, 15) is 19.2 Å². The van der Waals surface area contributed by atoms with Crippen LogP contribution in [0.4, 0.5) is 5.69 Å². The highest BCUT2D eigenvalue weighted by atomic mass is 16.5. The molecular formula is C22H27N5O6. The summed E-state index contributed by atoms with van der Waals surface area (Å²) in [5, 5.41) is 2.81. The molecule has 0 spiro atoms. The molecule has 1 aliphatic heterocycles. The van der Waals surface area contributed by atoms with Gasteiger partial charge in [-0.2, -0.15) is 0 Å². The van der Waals surface area contributed by atoms with Crippen LogP contribution in [0.15, 0.2) is 16.5 Å². The maximum absolute atomic E-state index is 13.1. The van der Waals surface area contributed by atoms with E-state index in [2.05, 4.69) is 10.3 Å². The molecule has 0 unspecified atom stereocenters. The Morgan fingerprint density at radius 3 is 2.55 bits per heavy atom. The number of hydrogen-bond donors (Lipinski definition) is 2. The van der Waals surface area contributed by atoms with E-state index in [1.807, 2.05) is 4.90 Å². The van der Waals surface area contributed by atoms with Crippen molar-refractivity contribution in [3.05, 3.63) is 23.6 Å². The second-order valence-electron chi connectivity index (χ2n) is 8.55. The number of hydrogen-bond acceptors (Lipinski definition) is 7. The van der Waals surface area contributed by atoms with E-state index in [1.165, 1.54) is 17.0 Å². The predicted molar refractivity (Wildman–Crippen MR) is 117 cm³/mol. The summed E-state index contributed by atoms with van der Waals surface area (Å²) in [7, 11) is 3.13. The van der Waals surface area contributed by atoms with Gasteiger partial charge in [-0.05, 0) is 37.8 Å². The van der Waals surface area contributed by atoms with Gasteiger partial charge in [-0.15, -0.1) is 0 Å². The van der Waals surface area contributed by atoms with Crippen LogP contribution in [0.5, 0.6) is 0 Å². The first-order valence-electron chi connectivity index (χ1n) is 10.9. The van der Waals surface area contributed by atoms with Crippen LogP contribution in [0.2, 0.25) is 0 Å². The van der Waals surface area contributed by atoms with Crippen molar-refractivity contribution < 1.29 is 28.3 Å². The Labute approximate surface area is 190 Å². The van der Waals surface area contributed by atoms with Crippen LogP contribution in [-0.2, 0) is 14.3 Å². The molecule has 0 aromatic carbocycles. The molecule has 176 valence electrons. The zero-order chi connectivity index (χ0) is 23.7. The minimum atomic E-state index is -0.730. The number of pyridine rings is 1. The lowest BCUT2D eigenvalue weighted by Gasteiger charge is -2.38. The number of carbonyl (C=O) groups excluding carboxylic acids is 4. The average molecular weight is 457 g/mol. The van der Waals surface area contributed by atoms with Gasteiger partial charge in [0.2, 0.25) is 17.6 Å². The maximum atomic E-state index is 13.1. The minimum absolute atomic E-state index is 0.00154. The van der Waals surface area contributed by atoms with Gasteiger partial charge in [-0.25, -0.2) is 4.98 Å². The third-order valence-corrected chi connectivity index (χ3v) is 6.17. The van der Waals surface area contributed by atoms with Gasteiger partial charge in [0.05, 0.1) is 6.61 Å². The van der Waals surface area contributed by atoms with Gasteiger partial charge in [0, 0.05) is 32.6 Å². The van der Waals surface area contributed by atoms with Crippen LogP contribution in [0, 0.1) is 5.92 Å². The topological polar surface area (TPSA) is 148 Å². The number of furan rings is 1. The molecule has 2 aliphatic rings. The van der Waals surface area contributed by atoms with E-state index < -0.39 is 11.8 Å². The summed E-state index contributed by atoms with van der Waals surface area (Å²) in [5.41, 5.74) is 5.92. The molecule has 1 saturated heterocycles. The molecule has 1 aliphatic carbocycles. The van der Waals surface area contributed by atoms with Crippen molar-refractivity contribution in [3.63, 3.8) is 0 Å². The van der Waals surface area contributed by atoms with Crippen molar-refractivity contribution in [2.24, 2.45) is 11.7 Å². The van der Waals surface area contributed by atoms with E-state index in [1.54, 1.807) is 14.1 Å². The van der Waals surface area contributed by atoms with E-state index in [-0.39, 0.29) is 58.6 Å². The largest absolute Gasteiger partial charge is 0.447 e. The fraction of sp³-hybridized carbons (Fsp3) is 0.500. The number of carbonyl (C=O) groups is 4. The first kappa shape index (κ1) is 22.7. The van der Waals surface area contributed by atoms with Gasteiger partial charge in [0.15, 0.2) is 5.58 Å². The molecule has 2 aromatic heterocycles. The first-order chi connectivity index (χ1) is 15.8. The summed E-state index contributed by atoms with van der Waals surface area (Å²) in [6.45, 7) is 1.21. The number of anilines is 1. The maximum Gasteiger partial charge on any atom is 0.291 e. The molecular weight excluding hydrogens is 430 g/mol. The Hall–Kier alpha value is -3.47. The van der Waals surface area contributed by atoms with Crippen LogP contribution >= 0.6 is 0 Å². The number of aromatic nitrogens is 1. The SMILES string of the molecule is CN(C)C(=O)c1oc2ccc(C(N)=O)nc2c1NC(=O)C1CCC(N2CCOCC2=O)CC1. The monoisotopic (exact) mass is 457 g/mol. The molecule has 0 bridgehead atoms. The van der Waals surface area contributed by atoms with Crippen LogP contribution in [0.1, 0.15) is 46.7 Å². The standard InChI is InChI=1S/C22H27N5O6/c1-26(2)22(31)19-18(17-15(33-19)8-7-14(24-17)20(23)29)25-21(30)12-3-5-13(6-4-12)27-9-10-32-11-16(27)28/h7-8,12-13H,3-6,9-11H2,1-2H3,(H2,23,29)(H,25,30). The number of amides is 4. The second kappa shape index (κ2) is 9.18. The third kappa shape index (κ3) is 4.54. The van der Waals surface area contributed by atoms with Crippen molar-refractivity contribution in [1.82, 2.24) is 14.8 Å². The van der Waals surface area contributed by atoms with Gasteiger partial charge >= 0.3 is 0 Å². The summed E-state index contributed by atoms with van der Waals surface area (Å²) in [6, 6.07) is 3.00. The highest BCUT2D eigenvalue weighted by molar-refractivity contribution is 6.10. The van der Waals surface area contributed by atoms with Crippen molar-refractivity contribution in [2.45, 2.75) is 31.7 Å². The minimum Gasteiger partial charge on any atom is -0.447 e. The van der Waals surface area contributed by atoms with E-state index >= 15 is 0 Å². The van der Waals surface area contributed by atoms with Gasteiger partial charge in [0.25, 0.3) is 11.8 Å². The molecule has 2 aromatic rings. The lowest BCUT2D eigenvalue weighted by atomic mass is 9.84. The fourth-order valence-corrected chi connectivity index (χ4v) is 4.37. The number of primary amides is 1. The Bertz CT molecular complexity index is 1100. The van der Waals surface area contributed by atoms with Crippen molar-refractivity contribution in [1.29, 1.82) is 0 Å². The molecule has 0 radical (unpaired) electrons. The molecule has 11 nitrogen and oxygen atoms in total. The first-order valence-corrected chi connectivity index (χ1v) is 10.9. The summed E-state index contributed by atoms with van der Waals surface area (Å²) < 4.78 is 10.9. The Morgan fingerprint density at radius 1 is 1.18 bits per heavy atom. The average Bonchev–Trinajstić information content (AvgIpc) is 3.16. The number of nitrogens with two attached hydrogens (primary N) is 1. The predicted octanol–water partition coefficient (Wildman–Crippen LogP) is 0.985. The van der Waals surface area contributed by atoms with Crippen LogP contribution in [0.25, 0.3) is 11.1 Å². The number of ether oxygens (including phenoxy) is 1. The number of nitrogens with one attached hydrogen (secondary N) is 1. The van der Waals surface area contributed by atoms with Gasteiger partial charge < -0.3 is 30.0 Å². The van der Waals surface area contributed by atoms with Crippen molar-refractivity contribution in [3.8, 4) is 0 Å². The highest BCUT2D eigenvalue weighted by Gasteiger charge is 2.34. The molecule has 1 saturated carbocycles. The van der Waals surface area contributed by atoms with Gasteiger partial charge in [-0.1, -0.05) is 0 Å². The summed E-state index contributed by atoms with van der Waals surface area (Å²) >= 11 is 0. The Morgan fingerprint density at radius 2 is 1.91 bits per heavy atom. The summed E-state index contributed by atoms with van der Waals surface area (Å²) in [4.78, 5) is 56.9. The smallest absolute Gasteiger partial charge is 0.291 e. The molecule has 4 rings (SSSR count).